The second-order valence-electron chi connectivity index (χ2n) is 6.33. The molecule has 2 aromatic rings. The number of carbonyl (C=O) groups is 2. The second-order valence-corrected chi connectivity index (χ2v) is 6.33. The average molecular weight is 342 g/mol. The molecule has 1 aliphatic rings. The van der Waals surface area contributed by atoms with E-state index in [0.717, 1.165) is 24.3 Å². The Morgan fingerprint density at radius 1 is 1.20 bits per heavy atom. The van der Waals surface area contributed by atoms with Crippen molar-refractivity contribution in [3.8, 4) is 11.4 Å². The van der Waals surface area contributed by atoms with Gasteiger partial charge in [0.2, 0.25) is 5.91 Å². The molecule has 2 amide bonds. The first-order chi connectivity index (χ1) is 12.0. The number of rotatable bonds is 4. The van der Waals surface area contributed by atoms with Crippen LogP contribution >= 0.6 is 0 Å². The van der Waals surface area contributed by atoms with Crippen molar-refractivity contribution < 1.29 is 14.3 Å². The first-order valence-electron chi connectivity index (χ1n) is 8.30. The average Bonchev–Trinajstić information content (AvgIpc) is 3.11. The van der Waals surface area contributed by atoms with Gasteiger partial charge in [0.05, 0.1) is 18.7 Å². The first kappa shape index (κ1) is 17.0. The first-order valence-corrected chi connectivity index (χ1v) is 8.30. The highest BCUT2D eigenvalue weighted by Crippen LogP contribution is 2.23. The number of methoxy groups -OCH3 is 1. The molecule has 0 bridgehead atoms. The van der Waals surface area contributed by atoms with Crippen molar-refractivity contribution in [3.05, 3.63) is 42.2 Å². The maximum Gasteiger partial charge on any atom is 0.274 e. The Morgan fingerprint density at radius 2 is 1.92 bits per heavy atom. The molecule has 2 heterocycles. The molecule has 0 unspecified atom stereocenters. The number of primary amides is 1. The number of amides is 2. The highest BCUT2D eigenvalue weighted by molar-refractivity contribution is 5.93. The fourth-order valence-corrected chi connectivity index (χ4v) is 3.09. The summed E-state index contributed by atoms with van der Waals surface area (Å²) in [7, 11) is 1.61. The van der Waals surface area contributed by atoms with Crippen molar-refractivity contribution in [3.63, 3.8) is 0 Å². The van der Waals surface area contributed by atoms with Crippen LogP contribution in [0.5, 0.6) is 5.75 Å². The van der Waals surface area contributed by atoms with Crippen molar-refractivity contribution in [1.82, 2.24) is 14.7 Å². The highest BCUT2D eigenvalue weighted by atomic mass is 16.5. The number of hydrogen-bond donors (Lipinski definition) is 1. The van der Waals surface area contributed by atoms with Crippen molar-refractivity contribution >= 4 is 11.8 Å². The quantitative estimate of drug-likeness (QED) is 0.914. The second kappa shape index (κ2) is 6.96. The van der Waals surface area contributed by atoms with Gasteiger partial charge in [0, 0.05) is 18.8 Å². The zero-order valence-corrected chi connectivity index (χ0v) is 14.4. The van der Waals surface area contributed by atoms with Crippen LogP contribution in [0.25, 0.3) is 5.69 Å². The van der Waals surface area contributed by atoms with Gasteiger partial charge >= 0.3 is 0 Å². The summed E-state index contributed by atoms with van der Waals surface area (Å²) >= 11 is 0. The van der Waals surface area contributed by atoms with E-state index in [1.807, 2.05) is 31.2 Å². The molecule has 1 aromatic heterocycles. The fourth-order valence-electron chi connectivity index (χ4n) is 3.09. The number of nitrogens with zero attached hydrogens (tertiary/aromatic N) is 3. The van der Waals surface area contributed by atoms with Crippen molar-refractivity contribution in [2.75, 3.05) is 13.7 Å². The largest absolute Gasteiger partial charge is 0.497 e. The summed E-state index contributed by atoms with van der Waals surface area (Å²) in [5.74, 6) is -0.0603. The lowest BCUT2D eigenvalue weighted by molar-refractivity contribution is -0.123. The van der Waals surface area contributed by atoms with Gasteiger partial charge in [-0.25, -0.2) is 4.68 Å². The molecular formula is C18H22N4O3. The smallest absolute Gasteiger partial charge is 0.274 e. The third-order valence-electron chi connectivity index (χ3n) is 4.69. The number of piperidine rings is 1. The fraction of sp³-hybridized carbons (Fsp3) is 0.389. The van der Waals surface area contributed by atoms with Gasteiger partial charge < -0.3 is 15.4 Å². The molecule has 1 aromatic carbocycles. The van der Waals surface area contributed by atoms with Gasteiger partial charge in [-0.3, -0.25) is 9.59 Å². The van der Waals surface area contributed by atoms with Gasteiger partial charge in [-0.15, -0.1) is 0 Å². The highest BCUT2D eigenvalue weighted by Gasteiger charge is 2.32. The van der Waals surface area contributed by atoms with Gasteiger partial charge in [-0.2, -0.15) is 5.10 Å². The predicted octanol–water partition coefficient (Wildman–Crippen LogP) is 1.61. The molecule has 1 fully saturated rings. The van der Waals surface area contributed by atoms with Gasteiger partial charge in [0.25, 0.3) is 5.91 Å². The number of nitrogens with two attached hydrogens (primary N) is 1. The summed E-state index contributed by atoms with van der Waals surface area (Å²) < 4.78 is 6.79. The molecule has 3 rings (SSSR count). The molecular weight excluding hydrogens is 320 g/mol. The van der Waals surface area contributed by atoms with E-state index in [2.05, 4.69) is 5.10 Å². The minimum absolute atomic E-state index is 0.0641. The number of ether oxygens (including phenoxy) is 1. The predicted molar refractivity (Wildman–Crippen MR) is 92.5 cm³/mol. The molecule has 0 saturated carbocycles. The standard InChI is InChI=1S/C18H22N4O3/c1-12-3-4-13(17(19)23)11-21(12)18(24)16-9-10-22(20-16)14-5-7-15(25-2)8-6-14/h5-10,12-13H,3-4,11H2,1-2H3,(H2,19,23)/t12-,13-/m1/s1. The lowest BCUT2D eigenvalue weighted by Gasteiger charge is -2.36. The van der Waals surface area contributed by atoms with E-state index in [0.29, 0.717) is 12.2 Å². The van der Waals surface area contributed by atoms with E-state index < -0.39 is 0 Å². The molecule has 1 aliphatic heterocycles. The zero-order valence-electron chi connectivity index (χ0n) is 14.4. The summed E-state index contributed by atoms with van der Waals surface area (Å²) in [6.45, 7) is 2.33. The summed E-state index contributed by atoms with van der Waals surface area (Å²) in [6, 6.07) is 9.16. The maximum absolute atomic E-state index is 12.8. The summed E-state index contributed by atoms with van der Waals surface area (Å²) in [6.07, 6.45) is 3.23. The lowest BCUT2D eigenvalue weighted by Crippen LogP contribution is -2.48. The number of hydrogen-bond acceptors (Lipinski definition) is 4. The normalized spacial score (nSPS) is 20.3. The van der Waals surface area contributed by atoms with Crippen LogP contribution in [-0.2, 0) is 4.79 Å². The molecule has 132 valence electrons. The van der Waals surface area contributed by atoms with Gasteiger partial charge in [0.15, 0.2) is 5.69 Å². The molecule has 0 spiro atoms. The number of aromatic nitrogens is 2. The van der Waals surface area contributed by atoms with Crippen LogP contribution in [0, 0.1) is 5.92 Å². The van der Waals surface area contributed by atoms with Crippen LogP contribution in [0.3, 0.4) is 0 Å². The molecule has 7 nitrogen and oxygen atoms in total. The molecule has 0 aliphatic carbocycles. The Balaban J connectivity index is 1.78. The van der Waals surface area contributed by atoms with E-state index in [1.54, 1.807) is 29.0 Å². The van der Waals surface area contributed by atoms with Crippen LogP contribution in [0.1, 0.15) is 30.3 Å². The van der Waals surface area contributed by atoms with Crippen LogP contribution in [0.15, 0.2) is 36.5 Å². The van der Waals surface area contributed by atoms with E-state index in [4.69, 9.17) is 10.5 Å². The Hall–Kier alpha value is -2.83. The molecule has 0 radical (unpaired) electrons. The zero-order chi connectivity index (χ0) is 18.0. The molecule has 2 atom stereocenters. The summed E-state index contributed by atoms with van der Waals surface area (Å²) in [4.78, 5) is 26.0. The van der Waals surface area contributed by atoms with E-state index >= 15 is 0 Å². The SMILES string of the molecule is COc1ccc(-n2ccc(C(=O)N3C[C@H](C(N)=O)CC[C@H]3C)n2)cc1. The molecule has 25 heavy (non-hydrogen) atoms. The lowest BCUT2D eigenvalue weighted by atomic mass is 9.92. The van der Waals surface area contributed by atoms with Crippen LogP contribution in [-0.4, -0.2) is 46.2 Å². The van der Waals surface area contributed by atoms with Gasteiger partial charge in [-0.1, -0.05) is 0 Å². The van der Waals surface area contributed by atoms with Crippen molar-refractivity contribution in [2.24, 2.45) is 11.7 Å². The van der Waals surface area contributed by atoms with E-state index in [1.165, 1.54) is 0 Å². The van der Waals surface area contributed by atoms with Gasteiger partial charge in [0.1, 0.15) is 5.75 Å². The monoisotopic (exact) mass is 342 g/mol. The third kappa shape index (κ3) is 3.50. The number of benzene rings is 1. The molecule has 2 N–H and O–H groups in total. The number of carbonyl (C=O) groups excluding carboxylic acids is 2. The van der Waals surface area contributed by atoms with Crippen LogP contribution in [0.4, 0.5) is 0 Å². The Morgan fingerprint density at radius 3 is 2.56 bits per heavy atom. The maximum atomic E-state index is 12.8. The van der Waals surface area contributed by atoms with E-state index in [-0.39, 0.29) is 23.8 Å². The molecule has 7 heteroatoms. The minimum Gasteiger partial charge on any atom is -0.497 e. The Labute approximate surface area is 146 Å². The third-order valence-corrected chi connectivity index (χ3v) is 4.69. The molecule has 1 saturated heterocycles. The summed E-state index contributed by atoms with van der Waals surface area (Å²) in [5.41, 5.74) is 6.60. The summed E-state index contributed by atoms with van der Waals surface area (Å²) in [5, 5.41) is 4.38. The van der Waals surface area contributed by atoms with Crippen LogP contribution in [0.2, 0.25) is 0 Å². The van der Waals surface area contributed by atoms with Crippen LogP contribution < -0.4 is 10.5 Å². The van der Waals surface area contributed by atoms with Crippen molar-refractivity contribution in [2.45, 2.75) is 25.8 Å². The minimum atomic E-state index is -0.353. The Kier molecular flexibility index (Phi) is 4.74. The van der Waals surface area contributed by atoms with Gasteiger partial charge in [-0.05, 0) is 50.1 Å². The topological polar surface area (TPSA) is 90.5 Å². The Bertz CT molecular complexity index is 769. The van der Waals surface area contributed by atoms with Crippen molar-refractivity contribution in [1.29, 1.82) is 0 Å². The number of likely N-dealkylation sites (tertiary alicyclic amines) is 1. The van der Waals surface area contributed by atoms with E-state index in [9.17, 15) is 9.59 Å².